The Morgan fingerprint density at radius 2 is 1.76 bits per heavy atom. The summed E-state index contributed by atoms with van der Waals surface area (Å²) in [6, 6.07) is 7.42. The van der Waals surface area contributed by atoms with Crippen LogP contribution in [0.5, 0.6) is 0 Å². The van der Waals surface area contributed by atoms with Gasteiger partial charge in [0.25, 0.3) is 0 Å². The predicted molar refractivity (Wildman–Crippen MR) is 118 cm³/mol. The number of aromatic amines is 1. The number of amides is 2. The number of hydrogen-bond donors (Lipinski definition) is 1. The van der Waals surface area contributed by atoms with Crippen molar-refractivity contribution in [2.45, 2.75) is 50.6 Å². The Balaban J connectivity index is 1.63. The lowest BCUT2D eigenvalue weighted by molar-refractivity contribution is -0.137. The number of carbonyl (C=O) groups excluding carboxylic acids is 1. The molecule has 2 aliphatic rings. The molecule has 0 bridgehead atoms. The third-order valence-corrected chi connectivity index (χ3v) is 6.49. The van der Waals surface area contributed by atoms with E-state index in [0.29, 0.717) is 51.4 Å². The van der Waals surface area contributed by atoms with E-state index < -0.39 is 11.7 Å². The summed E-state index contributed by atoms with van der Waals surface area (Å²) in [6.45, 7) is 9.14. The molecule has 4 rings (SSSR count). The van der Waals surface area contributed by atoms with Crippen molar-refractivity contribution in [3.05, 3.63) is 52.8 Å². The number of urea groups is 1. The molecule has 3 heterocycles. The molecule has 0 spiro atoms. The van der Waals surface area contributed by atoms with Crippen molar-refractivity contribution in [2.24, 2.45) is 0 Å². The first-order valence-electron chi connectivity index (χ1n) is 11.4. The van der Waals surface area contributed by atoms with Crippen LogP contribution in [-0.2, 0) is 16.3 Å². The molecule has 2 unspecified atom stereocenters. The minimum atomic E-state index is -4.40. The van der Waals surface area contributed by atoms with E-state index in [1.54, 1.807) is 15.9 Å². The number of benzene rings is 1. The van der Waals surface area contributed by atoms with Gasteiger partial charge in [-0.05, 0) is 24.1 Å². The monoisotopic (exact) mass is 464 g/mol. The summed E-state index contributed by atoms with van der Waals surface area (Å²) >= 11 is 0. The van der Waals surface area contributed by atoms with Crippen molar-refractivity contribution >= 4 is 6.03 Å². The maximum atomic E-state index is 13.3. The topological polar surface area (TPSA) is 61.5 Å². The van der Waals surface area contributed by atoms with E-state index in [1.807, 2.05) is 6.07 Å². The number of halogens is 3. The highest BCUT2D eigenvalue weighted by Crippen LogP contribution is 2.38. The van der Waals surface area contributed by atoms with E-state index in [2.05, 4.69) is 31.0 Å². The standard InChI is InChI=1S/C24H31F3N4O2/c1-23(2,3)21-13-20(28-29-21)18-11-17(16-5-4-6-19(12-16)24(25,26)27)14-31(15-18)22(32)30-7-9-33-10-8-30/h4-6,12-13,17-18H,7-11,14-15H2,1-3H3,(H,28,29). The zero-order valence-electron chi connectivity index (χ0n) is 19.3. The third kappa shape index (κ3) is 5.34. The number of nitrogens with one attached hydrogen (secondary N) is 1. The first-order valence-corrected chi connectivity index (χ1v) is 11.4. The number of nitrogens with zero attached hydrogens (tertiary/aromatic N) is 3. The van der Waals surface area contributed by atoms with Crippen LogP contribution in [0.15, 0.2) is 30.3 Å². The quantitative estimate of drug-likeness (QED) is 0.698. The Hall–Kier alpha value is -2.55. The molecule has 180 valence electrons. The van der Waals surface area contributed by atoms with E-state index >= 15 is 0 Å². The van der Waals surface area contributed by atoms with E-state index in [1.165, 1.54) is 12.1 Å². The van der Waals surface area contributed by atoms with Crippen molar-refractivity contribution in [3.8, 4) is 0 Å². The van der Waals surface area contributed by atoms with Crippen LogP contribution in [0.1, 0.15) is 61.5 Å². The maximum Gasteiger partial charge on any atom is 0.416 e. The van der Waals surface area contributed by atoms with E-state index in [-0.39, 0.29) is 23.3 Å². The van der Waals surface area contributed by atoms with Gasteiger partial charge in [0, 0.05) is 49.1 Å². The first-order chi connectivity index (χ1) is 15.5. The van der Waals surface area contributed by atoms with Crippen molar-refractivity contribution in [2.75, 3.05) is 39.4 Å². The van der Waals surface area contributed by atoms with Crippen molar-refractivity contribution < 1.29 is 22.7 Å². The van der Waals surface area contributed by atoms with Gasteiger partial charge in [0.05, 0.1) is 24.5 Å². The van der Waals surface area contributed by atoms with Gasteiger partial charge in [-0.25, -0.2) is 4.79 Å². The van der Waals surface area contributed by atoms with Gasteiger partial charge in [-0.3, -0.25) is 5.10 Å². The van der Waals surface area contributed by atoms with Gasteiger partial charge in [-0.1, -0.05) is 39.0 Å². The van der Waals surface area contributed by atoms with Gasteiger partial charge in [0.1, 0.15) is 0 Å². The van der Waals surface area contributed by atoms with Crippen LogP contribution < -0.4 is 0 Å². The van der Waals surface area contributed by atoms with E-state index in [4.69, 9.17) is 4.74 Å². The minimum Gasteiger partial charge on any atom is -0.378 e. The average Bonchev–Trinajstić information content (AvgIpc) is 3.30. The normalized spacial score (nSPS) is 22.5. The third-order valence-electron chi connectivity index (χ3n) is 6.49. The summed E-state index contributed by atoms with van der Waals surface area (Å²) in [5.41, 5.74) is 1.64. The number of rotatable bonds is 2. The highest BCUT2D eigenvalue weighted by atomic mass is 19.4. The molecule has 2 aliphatic heterocycles. The lowest BCUT2D eigenvalue weighted by atomic mass is 9.82. The van der Waals surface area contributed by atoms with Crippen LogP contribution in [0.25, 0.3) is 0 Å². The Morgan fingerprint density at radius 3 is 2.39 bits per heavy atom. The van der Waals surface area contributed by atoms with Gasteiger partial charge in [-0.15, -0.1) is 0 Å². The molecule has 6 nitrogen and oxygen atoms in total. The molecule has 9 heteroatoms. The molecule has 1 aromatic heterocycles. The zero-order chi connectivity index (χ0) is 23.8. The predicted octanol–water partition coefficient (Wildman–Crippen LogP) is 4.75. The summed E-state index contributed by atoms with van der Waals surface area (Å²) in [7, 11) is 0. The highest BCUT2D eigenvalue weighted by Gasteiger charge is 2.37. The molecule has 0 saturated carbocycles. The second-order valence-electron chi connectivity index (χ2n) is 10.00. The molecule has 0 radical (unpaired) electrons. The minimum absolute atomic E-state index is 0.0492. The average molecular weight is 465 g/mol. The van der Waals surface area contributed by atoms with E-state index in [0.717, 1.165) is 17.5 Å². The lowest BCUT2D eigenvalue weighted by Crippen LogP contribution is -2.52. The van der Waals surface area contributed by atoms with Crippen molar-refractivity contribution in [1.29, 1.82) is 0 Å². The number of aromatic nitrogens is 2. The largest absolute Gasteiger partial charge is 0.416 e. The van der Waals surface area contributed by atoms with Crippen LogP contribution in [0.4, 0.5) is 18.0 Å². The number of carbonyl (C=O) groups is 1. The van der Waals surface area contributed by atoms with Gasteiger partial charge in [-0.2, -0.15) is 18.3 Å². The fourth-order valence-corrected chi connectivity index (χ4v) is 4.58. The van der Waals surface area contributed by atoms with Crippen LogP contribution in [0.3, 0.4) is 0 Å². The second-order valence-corrected chi connectivity index (χ2v) is 10.00. The highest BCUT2D eigenvalue weighted by molar-refractivity contribution is 5.75. The molecule has 33 heavy (non-hydrogen) atoms. The Kier molecular flexibility index (Phi) is 6.44. The summed E-state index contributed by atoms with van der Waals surface area (Å²) < 4.78 is 45.4. The SMILES string of the molecule is CC(C)(C)c1cc(C2CC(c3cccc(C(F)(F)F)c3)CN(C(=O)N3CCOCC3)C2)[nH]n1. The fourth-order valence-electron chi connectivity index (χ4n) is 4.58. The molecule has 1 aromatic carbocycles. The number of piperidine rings is 1. The number of likely N-dealkylation sites (tertiary alicyclic amines) is 1. The number of ether oxygens (including phenoxy) is 1. The number of morpholine rings is 1. The molecular formula is C24H31F3N4O2. The molecule has 1 N–H and O–H groups in total. The molecule has 2 amide bonds. The molecule has 0 aliphatic carbocycles. The van der Waals surface area contributed by atoms with Crippen LogP contribution in [-0.4, -0.2) is 65.4 Å². The van der Waals surface area contributed by atoms with Gasteiger partial charge in [0.2, 0.25) is 0 Å². The Morgan fingerprint density at radius 1 is 1.06 bits per heavy atom. The van der Waals surface area contributed by atoms with Crippen molar-refractivity contribution in [1.82, 2.24) is 20.0 Å². The van der Waals surface area contributed by atoms with E-state index in [9.17, 15) is 18.0 Å². The smallest absolute Gasteiger partial charge is 0.378 e. The van der Waals surface area contributed by atoms with Crippen LogP contribution >= 0.6 is 0 Å². The second kappa shape index (κ2) is 9.00. The Bertz CT molecular complexity index is 977. The molecule has 2 aromatic rings. The summed E-state index contributed by atoms with van der Waals surface area (Å²) in [5, 5.41) is 7.59. The molecular weight excluding hydrogens is 433 g/mol. The number of H-pyrrole nitrogens is 1. The Labute approximate surface area is 192 Å². The van der Waals surface area contributed by atoms with Gasteiger partial charge < -0.3 is 14.5 Å². The number of hydrogen-bond acceptors (Lipinski definition) is 3. The van der Waals surface area contributed by atoms with Crippen LogP contribution in [0, 0.1) is 0 Å². The number of alkyl halides is 3. The first kappa shape index (κ1) is 23.6. The molecule has 2 saturated heterocycles. The summed E-state index contributed by atoms with van der Waals surface area (Å²) in [6.07, 6.45) is -3.77. The lowest BCUT2D eigenvalue weighted by Gasteiger charge is -2.41. The van der Waals surface area contributed by atoms with Gasteiger partial charge in [0.15, 0.2) is 0 Å². The summed E-state index contributed by atoms with van der Waals surface area (Å²) in [5.74, 6) is -0.260. The fraction of sp³-hybridized carbons (Fsp3) is 0.583. The molecule has 2 atom stereocenters. The van der Waals surface area contributed by atoms with Gasteiger partial charge >= 0.3 is 12.2 Å². The molecule has 2 fully saturated rings. The van der Waals surface area contributed by atoms with Crippen LogP contribution in [0.2, 0.25) is 0 Å². The zero-order valence-corrected chi connectivity index (χ0v) is 19.3. The summed E-state index contributed by atoms with van der Waals surface area (Å²) in [4.78, 5) is 16.8. The maximum absolute atomic E-state index is 13.3. The van der Waals surface area contributed by atoms with Crippen molar-refractivity contribution in [3.63, 3.8) is 0 Å².